The summed E-state index contributed by atoms with van der Waals surface area (Å²) in [4.78, 5) is 0.279. The van der Waals surface area contributed by atoms with Gasteiger partial charge in [-0.25, -0.2) is 13.1 Å². The van der Waals surface area contributed by atoms with E-state index >= 15 is 0 Å². The molecule has 0 atom stereocenters. The maximum absolute atomic E-state index is 12.7. The molecule has 1 N–H and O–H groups in total. The molecular formula is C18H31NO3S. The fourth-order valence-electron chi connectivity index (χ4n) is 2.95. The third-order valence-corrected chi connectivity index (χ3v) is 5.00. The van der Waals surface area contributed by atoms with E-state index in [1.807, 2.05) is 27.7 Å². The van der Waals surface area contributed by atoms with Crippen molar-refractivity contribution in [1.29, 1.82) is 0 Å². The number of sulfonamides is 1. The topological polar surface area (TPSA) is 55.4 Å². The number of benzene rings is 1. The lowest BCUT2D eigenvalue weighted by Gasteiger charge is -2.33. The van der Waals surface area contributed by atoms with Crippen molar-refractivity contribution in [3.8, 4) is 5.75 Å². The monoisotopic (exact) mass is 341 g/mol. The number of rotatable bonds is 7. The van der Waals surface area contributed by atoms with Gasteiger partial charge in [-0.15, -0.1) is 0 Å². The van der Waals surface area contributed by atoms with Crippen LogP contribution in [0.1, 0.15) is 59.9 Å². The van der Waals surface area contributed by atoms with Crippen LogP contribution in [-0.2, 0) is 10.0 Å². The SMILES string of the molecule is CCCOc1ccc(S(=O)(=O)NC(C)(C)CC(C)(C)C)cc1C. The van der Waals surface area contributed by atoms with Crippen molar-refractivity contribution in [1.82, 2.24) is 4.72 Å². The highest BCUT2D eigenvalue weighted by molar-refractivity contribution is 7.89. The van der Waals surface area contributed by atoms with E-state index < -0.39 is 15.6 Å². The number of aryl methyl sites for hydroxylation is 1. The summed E-state index contributed by atoms with van der Waals surface area (Å²) in [6, 6.07) is 5.00. The molecule has 0 heterocycles. The third kappa shape index (κ3) is 6.51. The van der Waals surface area contributed by atoms with Crippen LogP contribution >= 0.6 is 0 Å². The largest absolute Gasteiger partial charge is 0.493 e. The Balaban J connectivity index is 2.98. The maximum atomic E-state index is 12.7. The quantitative estimate of drug-likeness (QED) is 0.805. The lowest BCUT2D eigenvalue weighted by molar-refractivity contribution is 0.269. The summed E-state index contributed by atoms with van der Waals surface area (Å²) >= 11 is 0. The minimum atomic E-state index is -3.56. The number of ether oxygens (including phenoxy) is 1. The molecule has 0 unspecified atom stereocenters. The van der Waals surface area contributed by atoms with E-state index in [1.165, 1.54) is 0 Å². The lowest BCUT2D eigenvalue weighted by atomic mass is 9.82. The minimum Gasteiger partial charge on any atom is -0.493 e. The van der Waals surface area contributed by atoms with Gasteiger partial charge in [-0.1, -0.05) is 27.7 Å². The second-order valence-corrected chi connectivity index (χ2v) is 9.68. The average molecular weight is 342 g/mol. The van der Waals surface area contributed by atoms with Crippen LogP contribution in [0.15, 0.2) is 23.1 Å². The Morgan fingerprint density at radius 3 is 2.22 bits per heavy atom. The zero-order valence-electron chi connectivity index (χ0n) is 15.5. The second-order valence-electron chi connectivity index (χ2n) is 8.00. The van der Waals surface area contributed by atoms with Gasteiger partial charge in [0, 0.05) is 5.54 Å². The molecule has 0 aliphatic rings. The zero-order valence-corrected chi connectivity index (χ0v) is 16.3. The molecule has 1 aromatic rings. The van der Waals surface area contributed by atoms with Gasteiger partial charge in [0.05, 0.1) is 11.5 Å². The Hall–Kier alpha value is -1.07. The van der Waals surface area contributed by atoms with Gasteiger partial charge in [0.2, 0.25) is 10.0 Å². The summed E-state index contributed by atoms with van der Waals surface area (Å²) in [5.74, 6) is 0.736. The van der Waals surface area contributed by atoms with Crippen LogP contribution in [0.25, 0.3) is 0 Å². The highest BCUT2D eigenvalue weighted by atomic mass is 32.2. The van der Waals surface area contributed by atoms with E-state index in [-0.39, 0.29) is 10.3 Å². The lowest BCUT2D eigenvalue weighted by Crippen LogP contribution is -2.45. The maximum Gasteiger partial charge on any atom is 0.241 e. The van der Waals surface area contributed by atoms with E-state index in [2.05, 4.69) is 25.5 Å². The van der Waals surface area contributed by atoms with Crippen LogP contribution < -0.4 is 9.46 Å². The van der Waals surface area contributed by atoms with Gasteiger partial charge < -0.3 is 4.74 Å². The summed E-state index contributed by atoms with van der Waals surface area (Å²) in [5, 5.41) is 0. The summed E-state index contributed by atoms with van der Waals surface area (Å²) in [5.41, 5.74) is 0.359. The van der Waals surface area contributed by atoms with Crippen molar-refractivity contribution in [2.45, 2.75) is 71.7 Å². The normalized spacial score (nSPS) is 13.2. The van der Waals surface area contributed by atoms with Crippen LogP contribution in [0.5, 0.6) is 5.75 Å². The van der Waals surface area contributed by atoms with Gasteiger partial charge in [0.15, 0.2) is 0 Å². The zero-order chi connectivity index (χ0) is 17.9. The van der Waals surface area contributed by atoms with Gasteiger partial charge in [0.1, 0.15) is 5.75 Å². The Morgan fingerprint density at radius 1 is 1.13 bits per heavy atom. The second kappa shape index (κ2) is 7.22. The van der Waals surface area contributed by atoms with E-state index in [1.54, 1.807) is 18.2 Å². The van der Waals surface area contributed by atoms with E-state index in [0.29, 0.717) is 6.61 Å². The van der Waals surface area contributed by atoms with Crippen molar-refractivity contribution < 1.29 is 13.2 Å². The molecule has 23 heavy (non-hydrogen) atoms. The molecule has 0 aliphatic carbocycles. The highest BCUT2D eigenvalue weighted by Crippen LogP contribution is 2.29. The Labute approximate surface area is 141 Å². The molecule has 1 rings (SSSR count). The van der Waals surface area contributed by atoms with E-state index in [0.717, 1.165) is 24.2 Å². The first kappa shape index (κ1) is 20.0. The number of nitrogens with one attached hydrogen (secondary N) is 1. The molecule has 0 aromatic heterocycles. The molecule has 0 amide bonds. The van der Waals surface area contributed by atoms with Gasteiger partial charge >= 0.3 is 0 Å². The van der Waals surface area contributed by atoms with Crippen molar-refractivity contribution in [3.63, 3.8) is 0 Å². The molecule has 0 radical (unpaired) electrons. The average Bonchev–Trinajstić information content (AvgIpc) is 2.32. The van der Waals surface area contributed by atoms with Gasteiger partial charge in [-0.2, -0.15) is 0 Å². The molecule has 0 saturated carbocycles. The molecule has 0 fully saturated rings. The number of hydrogen-bond acceptors (Lipinski definition) is 3. The predicted molar refractivity (Wildman–Crippen MR) is 95.4 cm³/mol. The first-order chi connectivity index (χ1) is 10.4. The summed E-state index contributed by atoms with van der Waals surface area (Å²) in [6.07, 6.45) is 1.66. The molecule has 0 aliphatic heterocycles. The van der Waals surface area contributed by atoms with Crippen LogP contribution in [0.4, 0.5) is 0 Å². The highest BCUT2D eigenvalue weighted by Gasteiger charge is 2.30. The summed E-state index contributed by atoms with van der Waals surface area (Å²) < 4.78 is 33.8. The molecule has 132 valence electrons. The molecule has 4 nitrogen and oxygen atoms in total. The number of hydrogen-bond donors (Lipinski definition) is 1. The van der Waals surface area contributed by atoms with Crippen LogP contribution in [0.3, 0.4) is 0 Å². The summed E-state index contributed by atoms with van der Waals surface area (Å²) in [6.45, 7) is 14.7. The predicted octanol–water partition coefficient (Wildman–Crippen LogP) is 4.28. The molecule has 0 saturated heterocycles. The first-order valence-corrected chi connectivity index (χ1v) is 9.62. The van der Waals surface area contributed by atoms with Gasteiger partial charge in [-0.05, 0) is 62.8 Å². The van der Waals surface area contributed by atoms with E-state index in [4.69, 9.17) is 4.74 Å². The van der Waals surface area contributed by atoms with Gasteiger partial charge in [0.25, 0.3) is 0 Å². The van der Waals surface area contributed by atoms with Crippen molar-refractivity contribution in [2.75, 3.05) is 6.61 Å². The minimum absolute atomic E-state index is 0.0415. The third-order valence-electron chi connectivity index (χ3n) is 3.30. The molecule has 1 aromatic carbocycles. The summed E-state index contributed by atoms with van der Waals surface area (Å²) in [7, 11) is -3.56. The first-order valence-electron chi connectivity index (χ1n) is 8.14. The van der Waals surface area contributed by atoms with Crippen molar-refractivity contribution >= 4 is 10.0 Å². The molecule has 5 heteroatoms. The standard InChI is InChI=1S/C18H31NO3S/c1-8-11-22-16-10-9-15(12-14(16)2)23(20,21)19-18(6,7)13-17(3,4)5/h9-10,12,19H,8,11,13H2,1-7H3. The molecule has 0 spiro atoms. The Morgan fingerprint density at radius 2 is 1.74 bits per heavy atom. The fraction of sp³-hybridized carbons (Fsp3) is 0.667. The smallest absolute Gasteiger partial charge is 0.241 e. The van der Waals surface area contributed by atoms with E-state index in [9.17, 15) is 8.42 Å². The van der Waals surface area contributed by atoms with Crippen LogP contribution in [-0.4, -0.2) is 20.6 Å². The van der Waals surface area contributed by atoms with Gasteiger partial charge in [-0.3, -0.25) is 0 Å². The molecular weight excluding hydrogens is 310 g/mol. The van der Waals surface area contributed by atoms with Crippen LogP contribution in [0, 0.1) is 12.3 Å². The Kier molecular flexibility index (Phi) is 6.27. The van der Waals surface area contributed by atoms with Crippen molar-refractivity contribution in [2.24, 2.45) is 5.41 Å². The fourth-order valence-corrected chi connectivity index (χ4v) is 4.44. The Bertz CT molecular complexity index is 628. The van der Waals surface area contributed by atoms with Crippen LogP contribution in [0.2, 0.25) is 0 Å². The van der Waals surface area contributed by atoms with Crippen molar-refractivity contribution in [3.05, 3.63) is 23.8 Å². The molecule has 0 bridgehead atoms.